The summed E-state index contributed by atoms with van der Waals surface area (Å²) in [4.78, 5) is 4.36. The molecule has 3 rings (SSSR count). The van der Waals surface area contributed by atoms with Gasteiger partial charge in [-0.3, -0.25) is 4.99 Å². The van der Waals surface area contributed by atoms with Crippen molar-refractivity contribution < 1.29 is 9.47 Å². The van der Waals surface area contributed by atoms with Crippen LogP contribution in [0.2, 0.25) is 0 Å². The summed E-state index contributed by atoms with van der Waals surface area (Å²) >= 11 is 0. The second kappa shape index (κ2) is 10.1. The molecular weight excluding hydrogens is 429 g/mol. The van der Waals surface area contributed by atoms with Crippen molar-refractivity contribution in [1.29, 1.82) is 0 Å². The molecule has 1 saturated carbocycles. The molecule has 1 aliphatic heterocycles. The van der Waals surface area contributed by atoms with Crippen LogP contribution in [-0.4, -0.2) is 32.3 Å². The zero-order chi connectivity index (χ0) is 16.8. The summed E-state index contributed by atoms with van der Waals surface area (Å²) in [5, 5.41) is 6.96. The van der Waals surface area contributed by atoms with E-state index < -0.39 is 0 Å². The van der Waals surface area contributed by atoms with E-state index in [0.29, 0.717) is 12.6 Å². The van der Waals surface area contributed by atoms with E-state index in [1.807, 2.05) is 13.1 Å². The molecule has 2 N–H and O–H groups in total. The Labute approximate surface area is 168 Å². The monoisotopic (exact) mass is 459 g/mol. The van der Waals surface area contributed by atoms with Gasteiger partial charge in [0.1, 0.15) is 0 Å². The quantitative estimate of drug-likeness (QED) is 0.411. The normalized spacial score (nSPS) is 23.2. The zero-order valence-electron chi connectivity index (χ0n) is 15.2. The number of benzene rings is 1. The Morgan fingerprint density at radius 1 is 1.12 bits per heavy atom. The van der Waals surface area contributed by atoms with E-state index in [0.717, 1.165) is 42.9 Å². The van der Waals surface area contributed by atoms with Gasteiger partial charge in [0.2, 0.25) is 0 Å². The fourth-order valence-corrected chi connectivity index (χ4v) is 3.30. The van der Waals surface area contributed by atoms with Gasteiger partial charge in [-0.05, 0) is 49.3 Å². The Balaban J connectivity index is 0.00000225. The molecular formula is C19H30IN3O2. The van der Waals surface area contributed by atoms with Gasteiger partial charge < -0.3 is 20.1 Å². The summed E-state index contributed by atoms with van der Waals surface area (Å²) < 4.78 is 11.4. The van der Waals surface area contributed by atoms with Crippen molar-refractivity contribution in [3.63, 3.8) is 0 Å². The number of hydrogen-bond acceptors (Lipinski definition) is 3. The van der Waals surface area contributed by atoms with Crippen LogP contribution in [0.3, 0.4) is 0 Å². The van der Waals surface area contributed by atoms with Gasteiger partial charge in [0.05, 0.1) is 13.2 Å². The van der Waals surface area contributed by atoms with Crippen LogP contribution in [0.4, 0.5) is 0 Å². The van der Waals surface area contributed by atoms with E-state index in [2.05, 4.69) is 34.7 Å². The van der Waals surface area contributed by atoms with Crippen molar-refractivity contribution in [3.8, 4) is 11.5 Å². The molecule has 25 heavy (non-hydrogen) atoms. The summed E-state index contributed by atoms with van der Waals surface area (Å²) in [5.74, 6) is 3.42. The van der Waals surface area contributed by atoms with Gasteiger partial charge in [0, 0.05) is 26.1 Å². The van der Waals surface area contributed by atoms with Crippen LogP contribution in [0, 0.1) is 5.92 Å². The molecule has 5 nitrogen and oxygen atoms in total. The van der Waals surface area contributed by atoms with Gasteiger partial charge in [-0.15, -0.1) is 24.0 Å². The highest BCUT2D eigenvalue weighted by Gasteiger charge is 2.19. The third-order valence-electron chi connectivity index (χ3n) is 4.85. The van der Waals surface area contributed by atoms with Crippen LogP contribution >= 0.6 is 24.0 Å². The molecule has 1 aromatic rings. The van der Waals surface area contributed by atoms with Gasteiger partial charge in [-0.2, -0.15) is 0 Å². The first kappa shape index (κ1) is 20.1. The first-order chi connectivity index (χ1) is 11.7. The van der Waals surface area contributed by atoms with Crippen molar-refractivity contribution in [2.45, 2.75) is 51.6 Å². The largest absolute Gasteiger partial charge is 0.490 e. The molecule has 1 aliphatic carbocycles. The van der Waals surface area contributed by atoms with E-state index in [-0.39, 0.29) is 24.0 Å². The number of ether oxygens (including phenoxy) is 2. The molecule has 1 aromatic carbocycles. The van der Waals surface area contributed by atoms with Crippen LogP contribution in [-0.2, 0) is 6.54 Å². The smallest absolute Gasteiger partial charge is 0.191 e. The van der Waals surface area contributed by atoms with Crippen LogP contribution < -0.4 is 20.1 Å². The lowest BCUT2D eigenvalue weighted by atomic mass is 9.87. The molecule has 0 saturated heterocycles. The number of guanidine groups is 1. The maximum atomic E-state index is 5.76. The highest BCUT2D eigenvalue weighted by Crippen LogP contribution is 2.30. The highest BCUT2D eigenvalue weighted by molar-refractivity contribution is 14.0. The molecule has 0 radical (unpaired) electrons. The Hall–Kier alpha value is -1.18. The first-order valence-electron chi connectivity index (χ1n) is 9.10. The molecule has 0 bridgehead atoms. The molecule has 1 fully saturated rings. The fourth-order valence-electron chi connectivity index (χ4n) is 3.30. The predicted octanol–water partition coefficient (Wildman–Crippen LogP) is 3.71. The molecule has 0 aromatic heterocycles. The summed E-state index contributed by atoms with van der Waals surface area (Å²) in [6.07, 6.45) is 5.99. The number of nitrogens with one attached hydrogen (secondary N) is 2. The van der Waals surface area contributed by atoms with Crippen molar-refractivity contribution in [3.05, 3.63) is 23.8 Å². The molecule has 1 heterocycles. The number of nitrogens with zero attached hydrogens (tertiary/aromatic N) is 1. The van der Waals surface area contributed by atoms with Crippen molar-refractivity contribution in [1.82, 2.24) is 10.6 Å². The zero-order valence-corrected chi connectivity index (χ0v) is 17.5. The lowest BCUT2D eigenvalue weighted by molar-refractivity contribution is 0.297. The lowest BCUT2D eigenvalue weighted by Crippen LogP contribution is -2.44. The minimum atomic E-state index is 0. The van der Waals surface area contributed by atoms with Gasteiger partial charge in [-0.1, -0.05) is 13.0 Å². The third-order valence-corrected chi connectivity index (χ3v) is 4.85. The Bertz CT molecular complexity index is 572. The Morgan fingerprint density at radius 3 is 2.56 bits per heavy atom. The number of rotatable bonds is 3. The van der Waals surface area contributed by atoms with E-state index >= 15 is 0 Å². The summed E-state index contributed by atoms with van der Waals surface area (Å²) in [7, 11) is 1.83. The van der Waals surface area contributed by atoms with Crippen LogP contribution in [0.15, 0.2) is 23.2 Å². The van der Waals surface area contributed by atoms with Crippen molar-refractivity contribution in [2.75, 3.05) is 20.3 Å². The topological polar surface area (TPSA) is 54.9 Å². The Morgan fingerprint density at radius 2 is 1.84 bits per heavy atom. The minimum absolute atomic E-state index is 0. The molecule has 0 atom stereocenters. The second-order valence-corrected chi connectivity index (χ2v) is 6.86. The van der Waals surface area contributed by atoms with Crippen LogP contribution in [0.1, 0.15) is 44.6 Å². The average Bonchev–Trinajstić information content (AvgIpc) is 2.85. The third kappa shape index (κ3) is 5.94. The average molecular weight is 459 g/mol. The minimum Gasteiger partial charge on any atom is -0.490 e. The molecule has 0 unspecified atom stereocenters. The van der Waals surface area contributed by atoms with E-state index in [1.54, 1.807) is 0 Å². The molecule has 6 heteroatoms. The molecule has 0 spiro atoms. The Kier molecular flexibility index (Phi) is 8.12. The van der Waals surface area contributed by atoms with E-state index in [4.69, 9.17) is 9.47 Å². The van der Waals surface area contributed by atoms with Crippen LogP contribution in [0.5, 0.6) is 11.5 Å². The summed E-state index contributed by atoms with van der Waals surface area (Å²) in [6.45, 7) is 4.50. The predicted molar refractivity (Wildman–Crippen MR) is 112 cm³/mol. The van der Waals surface area contributed by atoms with Gasteiger partial charge in [-0.25, -0.2) is 0 Å². The standard InChI is InChI=1S/C19H29N3O2.HI/c1-14-4-7-16(8-5-14)22-19(20-2)21-13-15-6-9-17-18(12-15)24-11-3-10-23-17;/h6,9,12,14,16H,3-5,7-8,10-11,13H2,1-2H3,(H2,20,21,22);1H. The van der Waals surface area contributed by atoms with E-state index in [1.165, 1.54) is 31.2 Å². The maximum absolute atomic E-state index is 5.76. The van der Waals surface area contributed by atoms with Gasteiger partial charge in [0.15, 0.2) is 17.5 Å². The molecule has 0 amide bonds. The highest BCUT2D eigenvalue weighted by atomic mass is 127. The van der Waals surface area contributed by atoms with Crippen LogP contribution in [0.25, 0.3) is 0 Å². The van der Waals surface area contributed by atoms with Crippen molar-refractivity contribution >= 4 is 29.9 Å². The SMILES string of the molecule is CN=C(NCc1ccc2c(c1)OCCCO2)NC1CCC(C)CC1.I. The van der Waals surface area contributed by atoms with E-state index in [9.17, 15) is 0 Å². The lowest BCUT2D eigenvalue weighted by Gasteiger charge is -2.28. The number of hydrogen-bond donors (Lipinski definition) is 2. The second-order valence-electron chi connectivity index (χ2n) is 6.86. The summed E-state index contributed by atoms with van der Waals surface area (Å²) in [5.41, 5.74) is 1.17. The number of fused-ring (bicyclic) bond motifs is 1. The maximum Gasteiger partial charge on any atom is 0.191 e. The number of halogens is 1. The first-order valence-corrected chi connectivity index (χ1v) is 9.10. The molecule has 2 aliphatic rings. The van der Waals surface area contributed by atoms with Crippen molar-refractivity contribution in [2.24, 2.45) is 10.9 Å². The summed E-state index contributed by atoms with van der Waals surface area (Å²) in [6, 6.07) is 6.67. The van der Waals surface area contributed by atoms with Gasteiger partial charge >= 0.3 is 0 Å². The molecule has 140 valence electrons. The van der Waals surface area contributed by atoms with Gasteiger partial charge in [0.25, 0.3) is 0 Å². The fraction of sp³-hybridized carbons (Fsp3) is 0.632. The number of aliphatic imine (C=N–C) groups is 1.